The predicted octanol–water partition coefficient (Wildman–Crippen LogP) is 2.58. The maximum absolute atomic E-state index is 13.0. The molecule has 1 N–H and O–H groups in total. The summed E-state index contributed by atoms with van der Waals surface area (Å²) >= 11 is 1.43. The molecule has 11 heteroatoms. The normalized spacial score (nSPS) is 15.1. The van der Waals surface area contributed by atoms with E-state index in [9.17, 15) is 13.2 Å². The van der Waals surface area contributed by atoms with Crippen LogP contribution in [0.15, 0.2) is 27.6 Å². The van der Waals surface area contributed by atoms with E-state index in [2.05, 4.69) is 10.5 Å². The fraction of sp³-hybridized carbons (Fsp3) is 0.500. The molecule has 9 nitrogen and oxygen atoms in total. The summed E-state index contributed by atoms with van der Waals surface area (Å²) in [6, 6.07) is 4.52. The number of rotatable bonds is 9. The van der Waals surface area contributed by atoms with Crippen molar-refractivity contribution in [3.63, 3.8) is 0 Å². The van der Waals surface area contributed by atoms with Gasteiger partial charge in [-0.15, -0.1) is 11.8 Å². The molecule has 1 aliphatic rings. The van der Waals surface area contributed by atoms with Crippen LogP contribution in [0.1, 0.15) is 23.9 Å². The topological polar surface area (TPSA) is 111 Å². The number of amides is 1. The van der Waals surface area contributed by atoms with Gasteiger partial charge in [-0.25, -0.2) is 8.42 Å². The summed E-state index contributed by atoms with van der Waals surface area (Å²) < 4.78 is 43.3. The summed E-state index contributed by atoms with van der Waals surface area (Å²) in [4.78, 5) is 12.6. The van der Waals surface area contributed by atoms with Crippen LogP contribution < -0.4 is 10.1 Å². The Bertz CT molecular complexity index is 996. The zero-order valence-corrected chi connectivity index (χ0v) is 19.5. The van der Waals surface area contributed by atoms with Crippen molar-refractivity contribution in [1.82, 2.24) is 9.46 Å². The summed E-state index contributed by atoms with van der Waals surface area (Å²) in [6.07, 6.45) is 0. The average molecular weight is 470 g/mol. The second-order valence-electron chi connectivity index (χ2n) is 6.95. The molecule has 31 heavy (non-hydrogen) atoms. The average Bonchev–Trinajstić information content (AvgIpc) is 3.08. The molecule has 0 saturated carbocycles. The first-order valence-corrected chi connectivity index (χ1v) is 12.6. The number of anilines is 1. The highest BCUT2D eigenvalue weighted by Gasteiger charge is 2.27. The number of nitrogens with zero attached hydrogens (tertiary/aromatic N) is 2. The minimum absolute atomic E-state index is 0.108. The predicted molar refractivity (Wildman–Crippen MR) is 118 cm³/mol. The smallest absolute Gasteiger partial charge is 0.243 e. The highest BCUT2D eigenvalue weighted by molar-refractivity contribution is 7.99. The number of hydrogen-bond acceptors (Lipinski definition) is 8. The van der Waals surface area contributed by atoms with Crippen molar-refractivity contribution in [2.24, 2.45) is 0 Å². The van der Waals surface area contributed by atoms with Gasteiger partial charge >= 0.3 is 0 Å². The van der Waals surface area contributed by atoms with Crippen LogP contribution in [0.4, 0.5) is 5.69 Å². The number of ether oxygens (including phenoxy) is 2. The van der Waals surface area contributed by atoms with Crippen molar-refractivity contribution in [3.8, 4) is 5.75 Å². The highest BCUT2D eigenvalue weighted by Crippen LogP contribution is 2.30. The van der Waals surface area contributed by atoms with Gasteiger partial charge in [-0.2, -0.15) is 4.31 Å². The number of hydrogen-bond donors (Lipinski definition) is 1. The lowest BCUT2D eigenvalue weighted by atomic mass is 10.2. The lowest BCUT2D eigenvalue weighted by molar-refractivity contribution is -0.113. The molecule has 0 radical (unpaired) electrons. The minimum Gasteiger partial charge on any atom is -0.492 e. The van der Waals surface area contributed by atoms with Crippen LogP contribution in [-0.4, -0.2) is 62.4 Å². The van der Waals surface area contributed by atoms with Gasteiger partial charge in [-0.3, -0.25) is 4.79 Å². The van der Waals surface area contributed by atoms with Crippen molar-refractivity contribution in [3.05, 3.63) is 35.2 Å². The molecule has 2 heterocycles. The lowest BCUT2D eigenvalue weighted by Crippen LogP contribution is -2.40. The van der Waals surface area contributed by atoms with Gasteiger partial charge in [-0.1, -0.05) is 5.16 Å². The second-order valence-corrected chi connectivity index (χ2v) is 9.87. The number of carbonyl (C=O) groups excluding carboxylic acids is 1. The van der Waals surface area contributed by atoms with Crippen LogP contribution in [0.5, 0.6) is 5.75 Å². The van der Waals surface area contributed by atoms with E-state index in [4.69, 9.17) is 14.0 Å². The first-order valence-electron chi connectivity index (χ1n) is 9.97. The van der Waals surface area contributed by atoms with Gasteiger partial charge < -0.3 is 19.3 Å². The monoisotopic (exact) mass is 469 g/mol. The molecule has 0 bridgehead atoms. The van der Waals surface area contributed by atoms with Gasteiger partial charge in [0.25, 0.3) is 0 Å². The molecule has 1 aromatic heterocycles. The molecule has 0 aliphatic carbocycles. The van der Waals surface area contributed by atoms with E-state index in [0.29, 0.717) is 50.1 Å². The third-order valence-electron chi connectivity index (χ3n) is 4.79. The quantitative estimate of drug-likeness (QED) is 0.597. The Balaban J connectivity index is 1.71. The Morgan fingerprint density at radius 1 is 1.29 bits per heavy atom. The number of benzene rings is 1. The summed E-state index contributed by atoms with van der Waals surface area (Å²) in [6.45, 7) is 7.24. The first-order chi connectivity index (χ1) is 14.8. The van der Waals surface area contributed by atoms with Gasteiger partial charge in [0.2, 0.25) is 15.9 Å². The van der Waals surface area contributed by atoms with E-state index in [1.54, 1.807) is 6.07 Å². The van der Waals surface area contributed by atoms with Crippen LogP contribution in [0.3, 0.4) is 0 Å². The molecule has 1 fully saturated rings. The minimum atomic E-state index is -3.68. The molecule has 3 rings (SSSR count). The highest BCUT2D eigenvalue weighted by atomic mass is 32.2. The SMILES string of the molecule is CCOc1ccc(S(=O)(=O)N2CCOCC2)cc1NC(=O)CSCc1c(C)noc1C. The molecule has 1 aliphatic heterocycles. The number of aromatic nitrogens is 1. The molecule has 2 aromatic rings. The standard InChI is InChI=1S/C20H27N3O6S2/c1-4-28-19-6-5-16(31(25,26)23-7-9-27-10-8-23)11-18(19)21-20(24)13-30-12-17-14(2)22-29-15(17)3/h5-6,11H,4,7-10,12-13H2,1-3H3,(H,21,24). The van der Waals surface area contributed by atoms with Gasteiger partial charge in [-0.05, 0) is 39.0 Å². The molecule has 1 saturated heterocycles. The van der Waals surface area contributed by atoms with Crippen LogP contribution in [0.25, 0.3) is 0 Å². The molecule has 170 valence electrons. The molecule has 0 unspecified atom stereocenters. The summed E-state index contributed by atoms with van der Waals surface area (Å²) in [5, 5.41) is 6.70. The number of thioether (sulfide) groups is 1. The Morgan fingerprint density at radius 3 is 2.68 bits per heavy atom. The van der Waals surface area contributed by atoms with Crippen LogP contribution >= 0.6 is 11.8 Å². The van der Waals surface area contributed by atoms with E-state index < -0.39 is 10.0 Å². The van der Waals surface area contributed by atoms with Gasteiger partial charge in [0.15, 0.2) is 0 Å². The third-order valence-corrected chi connectivity index (χ3v) is 7.65. The zero-order valence-electron chi connectivity index (χ0n) is 17.8. The molecule has 1 amide bonds. The molecule has 0 spiro atoms. The summed E-state index contributed by atoms with van der Waals surface area (Å²) in [5.74, 6) is 1.70. The number of aryl methyl sites for hydroxylation is 2. The summed E-state index contributed by atoms with van der Waals surface area (Å²) in [7, 11) is -3.68. The van der Waals surface area contributed by atoms with Crippen molar-refractivity contribution in [1.29, 1.82) is 0 Å². The summed E-state index contributed by atoms with van der Waals surface area (Å²) in [5.41, 5.74) is 2.12. The van der Waals surface area contributed by atoms with E-state index in [1.807, 2.05) is 20.8 Å². The Labute approximate surface area is 186 Å². The molecule has 0 atom stereocenters. The maximum atomic E-state index is 13.0. The largest absolute Gasteiger partial charge is 0.492 e. The van der Waals surface area contributed by atoms with Crippen LogP contribution in [0.2, 0.25) is 0 Å². The van der Waals surface area contributed by atoms with Crippen molar-refractivity contribution in [2.75, 3.05) is 44.0 Å². The second kappa shape index (κ2) is 10.5. The maximum Gasteiger partial charge on any atom is 0.243 e. The van der Waals surface area contributed by atoms with E-state index >= 15 is 0 Å². The molecule has 1 aromatic carbocycles. The third kappa shape index (κ3) is 5.79. The molecular formula is C20H27N3O6S2. The fourth-order valence-electron chi connectivity index (χ4n) is 3.12. The van der Waals surface area contributed by atoms with Crippen LogP contribution in [-0.2, 0) is 25.3 Å². The Morgan fingerprint density at radius 2 is 2.03 bits per heavy atom. The number of morpholine rings is 1. The van der Waals surface area contributed by atoms with Crippen molar-refractivity contribution >= 4 is 33.4 Å². The zero-order chi connectivity index (χ0) is 22.4. The van der Waals surface area contributed by atoms with E-state index in [0.717, 1.165) is 17.0 Å². The van der Waals surface area contributed by atoms with Crippen molar-refractivity contribution < 1.29 is 27.2 Å². The fourth-order valence-corrected chi connectivity index (χ4v) is 5.54. The first kappa shape index (κ1) is 23.6. The number of nitrogens with one attached hydrogen (secondary N) is 1. The number of sulfonamides is 1. The Kier molecular flexibility index (Phi) is 7.98. The van der Waals surface area contributed by atoms with Gasteiger partial charge in [0.05, 0.1) is 41.9 Å². The van der Waals surface area contributed by atoms with E-state index in [-0.39, 0.29) is 16.6 Å². The molecular weight excluding hydrogens is 442 g/mol. The van der Waals surface area contributed by atoms with Gasteiger partial charge in [0.1, 0.15) is 11.5 Å². The van der Waals surface area contributed by atoms with Crippen LogP contribution in [0, 0.1) is 13.8 Å². The van der Waals surface area contributed by atoms with E-state index in [1.165, 1.54) is 28.2 Å². The van der Waals surface area contributed by atoms with Gasteiger partial charge in [0, 0.05) is 24.4 Å². The number of carbonyl (C=O) groups is 1. The van der Waals surface area contributed by atoms with Crippen molar-refractivity contribution in [2.45, 2.75) is 31.4 Å². The Hall–Kier alpha value is -2.08. The lowest BCUT2D eigenvalue weighted by Gasteiger charge is -2.26.